The van der Waals surface area contributed by atoms with Gasteiger partial charge in [-0.3, -0.25) is 9.59 Å². The molecule has 0 aliphatic heterocycles. The van der Waals surface area contributed by atoms with Gasteiger partial charge in [0.2, 0.25) is 0 Å². The van der Waals surface area contributed by atoms with Crippen LogP contribution in [0.1, 0.15) is 31.8 Å². The fraction of sp³-hybridized carbons (Fsp3) is 0.0909. The van der Waals surface area contributed by atoms with Crippen LogP contribution in [0, 0.1) is 13.8 Å². The smallest absolute Gasteiger partial charge is 0.255 e. The molecule has 0 heterocycles. The third-order valence-electron chi connectivity index (χ3n) is 4.14. The third-order valence-corrected chi connectivity index (χ3v) is 4.39. The van der Waals surface area contributed by atoms with Gasteiger partial charge in [-0.25, -0.2) is 0 Å². The Hall–Kier alpha value is -3.11. The minimum Gasteiger partial charge on any atom is -0.322 e. The molecule has 3 aromatic rings. The molecule has 0 spiro atoms. The Kier molecular flexibility index (Phi) is 5.57. The summed E-state index contributed by atoms with van der Waals surface area (Å²) >= 11 is 5.83. The zero-order valence-electron chi connectivity index (χ0n) is 15.0. The second-order valence-corrected chi connectivity index (χ2v) is 6.75. The molecule has 0 saturated heterocycles. The first-order valence-corrected chi connectivity index (χ1v) is 8.86. The molecule has 2 N–H and O–H groups in total. The molecule has 27 heavy (non-hydrogen) atoms. The molecule has 0 bridgehead atoms. The van der Waals surface area contributed by atoms with E-state index in [0.29, 0.717) is 21.8 Å². The second kappa shape index (κ2) is 8.06. The monoisotopic (exact) mass is 378 g/mol. The SMILES string of the molecule is Cc1ccc(NC(=O)c2ccc(NC(=O)c3ccc(Cl)cc3)cc2)c(C)c1. The lowest BCUT2D eigenvalue weighted by molar-refractivity contribution is 0.102. The highest BCUT2D eigenvalue weighted by molar-refractivity contribution is 6.30. The number of hydrogen-bond donors (Lipinski definition) is 2. The molecule has 2 amide bonds. The summed E-state index contributed by atoms with van der Waals surface area (Å²) < 4.78 is 0. The molecule has 0 aliphatic carbocycles. The lowest BCUT2D eigenvalue weighted by atomic mass is 10.1. The van der Waals surface area contributed by atoms with Crippen molar-refractivity contribution in [3.8, 4) is 0 Å². The molecule has 0 aliphatic rings. The van der Waals surface area contributed by atoms with Crippen molar-refractivity contribution in [1.82, 2.24) is 0 Å². The molecule has 0 saturated carbocycles. The summed E-state index contributed by atoms with van der Waals surface area (Å²) in [7, 11) is 0. The summed E-state index contributed by atoms with van der Waals surface area (Å²) in [5, 5.41) is 6.28. The Morgan fingerprint density at radius 1 is 0.741 bits per heavy atom. The number of anilines is 2. The van der Waals surface area contributed by atoms with Gasteiger partial charge in [0.1, 0.15) is 0 Å². The maximum Gasteiger partial charge on any atom is 0.255 e. The van der Waals surface area contributed by atoms with Crippen LogP contribution < -0.4 is 10.6 Å². The van der Waals surface area contributed by atoms with Gasteiger partial charge in [-0.15, -0.1) is 0 Å². The van der Waals surface area contributed by atoms with Gasteiger partial charge in [0.05, 0.1) is 0 Å². The molecule has 0 unspecified atom stereocenters. The molecule has 0 radical (unpaired) electrons. The van der Waals surface area contributed by atoms with E-state index in [4.69, 9.17) is 11.6 Å². The second-order valence-electron chi connectivity index (χ2n) is 6.31. The van der Waals surface area contributed by atoms with Crippen molar-refractivity contribution in [2.75, 3.05) is 10.6 Å². The van der Waals surface area contributed by atoms with Crippen molar-refractivity contribution in [1.29, 1.82) is 0 Å². The minimum absolute atomic E-state index is 0.197. The Balaban J connectivity index is 1.66. The Bertz CT molecular complexity index is 980. The van der Waals surface area contributed by atoms with E-state index in [0.717, 1.165) is 16.8 Å². The van der Waals surface area contributed by atoms with E-state index >= 15 is 0 Å². The first-order valence-electron chi connectivity index (χ1n) is 8.48. The predicted molar refractivity (Wildman–Crippen MR) is 110 cm³/mol. The zero-order chi connectivity index (χ0) is 19.4. The van der Waals surface area contributed by atoms with E-state index in [1.54, 1.807) is 48.5 Å². The first kappa shape index (κ1) is 18.7. The molecule has 3 rings (SSSR count). The van der Waals surface area contributed by atoms with Gasteiger partial charge in [-0.2, -0.15) is 0 Å². The van der Waals surface area contributed by atoms with Gasteiger partial charge in [0, 0.05) is 27.5 Å². The maximum atomic E-state index is 12.4. The van der Waals surface area contributed by atoms with Gasteiger partial charge >= 0.3 is 0 Å². The van der Waals surface area contributed by atoms with Crippen LogP contribution in [0.25, 0.3) is 0 Å². The number of nitrogens with one attached hydrogen (secondary N) is 2. The van der Waals surface area contributed by atoms with Gasteiger partial charge in [-0.05, 0) is 74.0 Å². The number of halogens is 1. The number of rotatable bonds is 4. The molecular formula is C22H19ClN2O2. The standard InChI is InChI=1S/C22H19ClN2O2/c1-14-3-12-20(15(2)13-14)25-22(27)17-6-10-19(11-7-17)24-21(26)16-4-8-18(23)9-5-16/h3-13H,1-2H3,(H,24,26)(H,25,27). The molecule has 0 fully saturated rings. The van der Waals surface area contributed by atoms with Crippen LogP contribution in [0.2, 0.25) is 5.02 Å². The lowest BCUT2D eigenvalue weighted by Gasteiger charge is -2.10. The van der Waals surface area contributed by atoms with Crippen molar-refractivity contribution in [3.63, 3.8) is 0 Å². The molecule has 0 atom stereocenters. The van der Waals surface area contributed by atoms with E-state index in [2.05, 4.69) is 10.6 Å². The minimum atomic E-state index is -0.237. The summed E-state index contributed by atoms with van der Waals surface area (Å²) in [6.45, 7) is 3.97. The number of benzene rings is 3. The summed E-state index contributed by atoms with van der Waals surface area (Å²) in [6, 6.07) is 19.3. The van der Waals surface area contributed by atoms with Crippen molar-refractivity contribution >= 4 is 34.8 Å². The number of hydrogen-bond acceptors (Lipinski definition) is 2. The van der Waals surface area contributed by atoms with Crippen molar-refractivity contribution in [2.24, 2.45) is 0 Å². The van der Waals surface area contributed by atoms with Gasteiger partial charge in [0.15, 0.2) is 0 Å². The van der Waals surface area contributed by atoms with E-state index in [1.807, 2.05) is 32.0 Å². The molecule has 5 heteroatoms. The van der Waals surface area contributed by atoms with Crippen molar-refractivity contribution in [2.45, 2.75) is 13.8 Å². The number of carbonyl (C=O) groups excluding carboxylic acids is 2. The maximum absolute atomic E-state index is 12.4. The topological polar surface area (TPSA) is 58.2 Å². The summed E-state index contributed by atoms with van der Waals surface area (Å²) in [6.07, 6.45) is 0. The van der Waals surface area contributed by atoms with Crippen LogP contribution in [-0.2, 0) is 0 Å². The molecule has 0 aromatic heterocycles. The number of aryl methyl sites for hydroxylation is 2. The average molecular weight is 379 g/mol. The molecule has 4 nitrogen and oxygen atoms in total. The van der Waals surface area contributed by atoms with Gasteiger partial charge in [-0.1, -0.05) is 29.3 Å². The van der Waals surface area contributed by atoms with Crippen LogP contribution >= 0.6 is 11.6 Å². The highest BCUT2D eigenvalue weighted by Crippen LogP contribution is 2.18. The van der Waals surface area contributed by atoms with E-state index in [9.17, 15) is 9.59 Å². The van der Waals surface area contributed by atoms with Crippen LogP contribution in [0.4, 0.5) is 11.4 Å². The normalized spacial score (nSPS) is 10.3. The zero-order valence-corrected chi connectivity index (χ0v) is 15.8. The number of amides is 2. The van der Waals surface area contributed by atoms with Crippen LogP contribution in [0.15, 0.2) is 66.7 Å². The van der Waals surface area contributed by atoms with Crippen LogP contribution in [-0.4, -0.2) is 11.8 Å². The average Bonchev–Trinajstić information content (AvgIpc) is 2.65. The third kappa shape index (κ3) is 4.74. The Morgan fingerprint density at radius 2 is 1.30 bits per heavy atom. The van der Waals surface area contributed by atoms with Crippen LogP contribution in [0.5, 0.6) is 0 Å². The molecule has 136 valence electrons. The summed E-state index contributed by atoms with van der Waals surface area (Å²) in [5.74, 6) is -0.434. The van der Waals surface area contributed by atoms with Gasteiger partial charge < -0.3 is 10.6 Å². The van der Waals surface area contributed by atoms with E-state index in [-0.39, 0.29) is 11.8 Å². The summed E-state index contributed by atoms with van der Waals surface area (Å²) in [4.78, 5) is 24.6. The fourth-order valence-corrected chi connectivity index (χ4v) is 2.78. The fourth-order valence-electron chi connectivity index (χ4n) is 2.66. The quantitative estimate of drug-likeness (QED) is 0.633. The highest BCUT2D eigenvalue weighted by atomic mass is 35.5. The molecule has 3 aromatic carbocycles. The largest absolute Gasteiger partial charge is 0.322 e. The Morgan fingerprint density at radius 3 is 1.89 bits per heavy atom. The molecular weight excluding hydrogens is 360 g/mol. The van der Waals surface area contributed by atoms with Gasteiger partial charge in [0.25, 0.3) is 11.8 Å². The van der Waals surface area contributed by atoms with Crippen LogP contribution in [0.3, 0.4) is 0 Å². The Labute approximate surface area is 163 Å². The lowest BCUT2D eigenvalue weighted by Crippen LogP contribution is -2.14. The van der Waals surface area contributed by atoms with Crippen molar-refractivity contribution < 1.29 is 9.59 Å². The first-order chi connectivity index (χ1) is 12.9. The van der Waals surface area contributed by atoms with E-state index in [1.165, 1.54) is 0 Å². The highest BCUT2D eigenvalue weighted by Gasteiger charge is 2.10. The predicted octanol–water partition coefficient (Wildman–Crippen LogP) is 5.46. The van der Waals surface area contributed by atoms with Crippen molar-refractivity contribution in [3.05, 3.63) is 94.0 Å². The summed E-state index contributed by atoms with van der Waals surface area (Å²) in [5.41, 5.74) is 4.57. The van der Waals surface area contributed by atoms with E-state index < -0.39 is 0 Å². The number of carbonyl (C=O) groups is 2.